The lowest BCUT2D eigenvalue weighted by atomic mass is 10.2. The molecule has 4 rings (SSSR count). The van der Waals surface area contributed by atoms with Crippen molar-refractivity contribution in [3.8, 4) is 0 Å². The second-order valence-corrected chi connectivity index (χ2v) is 9.55. The third-order valence-electron chi connectivity index (χ3n) is 4.78. The maximum atomic E-state index is 14.1. The fraction of sp³-hybridized carbons (Fsp3) is 0.273. The maximum Gasteiger partial charge on any atom is 0.200 e. The number of morpholine rings is 1. The summed E-state index contributed by atoms with van der Waals surface area (Å²) in [6, 6.07) is 19.7. The first-order chi connectivity index (χ1) is 13.0. The highest BCUT2D eigenvalue weighted by Gasteiger charge is 2.37. The molecule has 0 bridgehead atoms. The van der Waals surface area contributed by atoms with Crippen molar-refractivity contribution >= 4 is 18.8 Å². The smallest absolute Gasteiger partial charge is 0.200 e. The molecule has 0 saturated carbocycles. The Bertz CT molecular complexity index is 838. The molecule has 4 nitrogen and oxygen atoms in total. The molecule has 0 N–H and O–H groups in total. The number of ether oxygens (including phenoxy) is 2. The van der Waals surface area contributed by atoms with E-state index >= 15 is 0 Å². The topological polar surface area (TPSA) is 38.8 Å². The Morgan fingerprint density at radius 3 is 1.70 bits per heavy atom. The van der Waals surface area contributed by atoms with Gasteiger partial charge in [0.1, 0.15) is 11.5 Å². The van der Waals surface area contributed by atoms with E-state index in [-0.39, 0.29) is 12.2 Å². The quantitative estimate of drug-likeness (QED) is 0.667. The molecule has 2 heterocycles. The molecule has 2 aliphatic heterocycles. The zero-order chi connectivity index (χ0) is 18.9. The summed E-state index contributed by atoms with van der Waals surface area (Å²) in [6.45, 7) is 5.33. The van der Waals surface area contributed by atoms with Crippen molar-refractivity contribution < 1.29 is 14.0 Å². The van der Waals surface area contributed by atoms with Gasteiger partial charge in [-0.25, -0.2) is 4.67 Å². The van der Waals surface area contributed by atoms with Crippen molar-refractivity contribution in [1.29, 1.82) is 0 Å². The monoisotopic (exact) mass is 381 g/mol. The summed E-state index contributed by atoms with van der Waals surface area (Å²) in [5.41, 5.74) is 1.85. The standard InChI is InChI=1S/C22H24NO3P/c1-17-13-23(14-18(2)25-17)27(24)15-21(19-9-5-3-6-10-19)26-22(16-27)20-11-7-4-8-12-20/h3-12,15-18H,13-14H2,1-2H3. The molecule has 0 spiro atoms. The molecule has 27 heavy (non-hydrogen) atoms. The van der Waals surface area contributed by atoms with Crippen molar-refractivity contribution in [3.63, 3.8) is 0 Å². The Kier molecular flexibility index (Phi) is 5.05. The number of benzene rings is 2. The number of hydrogen-bond acceptors (Lipinski definition) is 3. The van der Waals surface area contributed by atoms with Gasteiger partial charge >= 0.3 is 0 Å². The Labute approximate surface area is 160 Å². The van der Waals surface area contributed by atoms with Crippen LogP contribution in [-0.4, -0.2) is 30.0 Å². The lowest BCUT2D eigenvalue weighted by Crippen LogP contribution is -2.43. The Balaban J connectivity index is 1.78. The second-order valence-electron chi connectivity index (χ2n) is 7.12. The average molecular weight is 381 g/mol. The van der Waals surface area contributed by atoms with E-state index in [1.165, 1.54) is 0 Å². The van der Waals surface area contributed by atoms with Crippen molar-refractivity contribution in [3.05, 3.63) is 83.4 Å². The molecule has 2 aromatic carbocycles. The zero-order valence-corrected chi connectivity index (χ0v) is 16.5. The molecule has 0 aromatic heterocycles. The molecule has 0 aliphatic carbocycles. The molecule has 2 unspecified atom stereocenters. The normalized spacial score (nSPS) is 25.3. The SMILES string of the molecule is CC1CN(P2(=O)C=C(c3ccccc3)OC(c3ccccc3)=C2)CC(C)O1. The van der Waals surface area contributed by atoms with Gasteiger partial charge in [-0.3, -0.25) is 4.57 Å². The van der Waals surface area contributed by atoms with Crippen molar-refractivity contribution in [1.82, 2.24) is 4.67 Å². The van der Waals surface area contributed by atoms with Gasteiger partial charge in [0.25, 0.3) is 0 Å². The van der Waals surface area contributed by atoms with Crippen LogP contribution in [0.15, 0.2) is 72.3 Å². The predicted molar refractivity (Wildman–Crippen MR) is 109 cm³/mol. The lowest BCUT2D eigenvalue weighted by Gasteiger charge is -2.39. The van der Waals surface area contributed by atoms with Crippen molar-refractivity contribution in [2.45, 2.75) is 26.1 Å². The number of hydrogen-bond donors (Lipinski definition) is 0. The van der Waals surface area contributed by atoms with E-state index in [9.17, 15) is 4.57 Å². The van der Waals surface area contributed by atoms with Crippen LogP contribution in [-0.2, 0) is 14.0 Å². The van der Waals surface area contributed by atoms with Crippen LogP contribution in [0.3, 0.4) is 0 Å². The first-order valence-corrected chi connectivity index (χ1v) is 11.1. The first kappa shape index (κ1) is 18.2. The predicted octanol–water partition coefficient (Wildman–Crippen LogP) is 5.40. The van der Waals surface area contributed by atoms with Crippen molar-refractivity contribution in [2.24, 2.45) is 0 Å². The minimum absolute atomic E-state index is 0.0459. The molecule has 2 aromatic rings. The molecule has 0 radical (unpaired) electrons. The van der Waals surface area contributed by atoms with Gasteiger partial charge < -0.3 is 9.47 Å². The molecule has 5 heteroatoms. The third-order valence-corrected chi connectivity index (χ3v) is 7.20. The summed E-state index contributed by atoms with van der Waals surface area (Å²) in [6.07, 6.45) is 0.0918. The third kappa shape index (κ3) is 3.93. The molecule has 1 fully saturated rings. The van der Waals surface area contributed by atoms with Crippen LogP contribution in [0.5, 0.6) is 0 Å². The van der Waals surface area contributed by atoms with E-state index in [1.54, 1.807) is 11.6 Å². The second kappa shape index (κ2) is 7.47. The van der Waals surface area contributed by atoms with E-state index in [4.69, 9.17) is 9.47 Å². The Morgan fingerprint density at radius 1 is 0.815 bits per heavy atom. The van der Waals surface area contributed by atoms with Crippen LogP contribution in [0.25, 0.3) is 11.5 Å². The van der Waals surface area contributed by atoms with Gasteiger partial charge in [-0.15, -0.1) is 0 Å². The Hall–Kier alpha value is -2.13. The maximum absolute atomic E-state index is 14.1. The lowest BCUT2D eigenvalue weighted by molar-refractivity contribution is -0.0442. The zero-order valence-electron chi connectivity index (χ0n) is 15.6. The van der Waals surface area contributed by atoms with Gasteiger partial charge in [0.15, 0.2) is 0 Å². The highest BCUT2D eigenvalue weighted by atomic mass is 31.2. The minimum Gasteiger partial charge on any atom is -0.456 e. The molecule has 2 aliphatic rings. The molecular formula is C22H24NO3P. The largest absolute Gasteiger partial charge is 0.456 e. The highest BCUT2D eigenvalue weighted by Crippen LogP contribution is 2.59. The van der Waals surface area contributed by atoms with Crippen LogP contribution < -0.4 is 0 Å². The molecule has 0 amide bonds. The van der Waals surface area contributed by atoms with Crippen LogP contribution in [0.4, 0.5) is 0 Å². The van der Waals surface area contributed by atoms with E-state index in [0.717, 1.165) is 11.1 Å². The van der Waals surface area contributed by atoms with Crippen LogP contribution in [0.2, 0.25) is 0 Å². The van der Waals surface area contributed by atoms with Crippen LogP contribution in [0.1, 0.15) is 25.0 Å². The summed E-state index contributed by atoms with van der Waals surface area (Å²) < 4.78 is 28.2. The fourth-order valence-electron chi connectivity index (χ4n) is 3.59. The van der Waals surface area contributed by atoms with Gasteiger partial charge in [-0.1, -0.05) is 60.7 Å². The number of rotatable bonds is 3. The van der Waals surface area contributed by atoms with Gasteiger partial charge in [0.05, 0.1) is 12.2 Å². The molecule has 2 atom stereocenters. The summed E-state index contributed by atoms with van der Waals surface area (Å²) in [5.74, 6) is 4.90. The molecular weight excluding hydrogens is 357 g/mol. The van der Waals surface area contributed by atoms with Gasteiger partial charge in [0.2, 0.25) is 7.29 Å². The first-order valence-electron chi connectivity index (χ1n) is 9.28. The van der Waals surface area contributed by atoms with Gasteiger partial charge in [-0.05, 0) is 13.8 Å². The summed E-state index contributed by atoms with van der Waals surface area (Å²) >= 11 is 0. The van der Waals surface area contributed by atoms with E-state index in [0.29, 0.717) is 24.6 Å². The van der Waals surface area contributed by atoms with E-state index in [2.05, 4.69) is 4.67 Å². The minimum atomic E-state index is -2.90. The van der Waals surface area contributed by atoms with Crippen molar-refractivity contribution in [2.75, 3.05) is 13.1 Å². The van der Waals surface area contributed by atoms with E-state index < -0.39 is 7.29 Å². The molecule has 1 saturated heterocycles. The van der Waals surface area contributed by atoms with Gasteiger partial charge in [0, 0.05) is 35.9 Å². The van der Waals surface area contributed by atoms with Crippen LogP contribution in [0, 0.1) is 0 Å². The number of nitrogens with zero attached hydrogens (tertiary/aromatic N) is 1. The summed E-state index contributed by atoms with van der Waals surface area (Å²) in [7, 11) is -2.90. The summed E-state index contributed by atoms with van der Waals surface area (Å²) in [5, 5.41) is 0. The summed E-state index contributed by atoms with van der Waals surface area (Å²) in [4.78, 5) is 0. The van der Waals surface area contributed by atoms with Crippen LogP contribution >= 0.6 is 7.29 Å². The Morgan fingerprint density at radius 2 is 1.26 bits per heavy atom. The van der Waals surface area contributed by atoms with E-state index in [1.807, 2.05) is 74.5 Å². The average Bonchev–Trinajstić information content (AvgIpc) is 2.68. The van der Waals surface area contributed by atoms with Gasteiger partial charge in [-0.2, -0.15) is 0 Å². The fourth-order valence-corrected chi connectivity index (χ4v) is 6.03. The highest BCUT2D eigenvalue weighted by molar-refractivity contribution is 7.68. The molecule has 140 valence electrons.